The van der Waals surface area contributed by atoms with E-state index in [0.717, 1.165) is 19.3 Å². The van der Waals surface area contributed by atoms with Gasteiger partial charge in [-0.15, -0.1) is 0 Å². The van der Waals surface area contributed by atoms with Gasteiger partial charge in [0.25, 0.3) is 11.6 Å². The van der Waals surface area contributed by atoms with Crippen LogP contribution >= 0.6 is 0 Å². The number of carbonyl (C=O) groups excluding carboxylic acids is 1. The molecule has 1 amide bonds. The Kier molecular flexibility index (Phi) is 4.42. The summed E-state index contributed by atoms with van der Waals surface area (Å²) in [6.07, 6.45) is 2.81. The Morgan fingerprint density at radius 2 is 2.19 bits per heavy atom. The number of benzene rings is 1. The van der Waals surface area contributed by atoms with Crippen molar-refractivity contribution in [1.29, 1.82) is 0 Å². The number of nitro groups is 1. The van der Waals surface area contributed by atoms with Crippen molar-refractivity contribution in [2.75, 3.05) is 25.5 Å². The van der Waals surface area contributed by atoms with E-state index in [-0.39, 0.29) is 29.2 Å². The molecule has 0 spiro atoms. The first-order chi connectivity index (χ1) is 10.0. The first kappa shape index (κ1) is 15.2. The van der Waals surface area contributed by atoms with Crippen molar-refractivity contribution < 1.29 is 14.8 Å². The summed E-state index contributed by atoms with van der Waals surface area (Å²) in [4.78, 5) is 22.2. The van der Waals surface area contributed by atoms with Gasteiger partial charge in [0, 0.05) is 38.0 Å². The number of nitrogens with one attached hydrogen (secondary N) is 2. The second-order valence-corrected chi connectivity index (χ2v) is 5.39. The van der Waals surface area contributed by atoms with Crippen molar-refractivity contribution >= 4 is 17.3 Å². The number of aliphatic hydroxyl groups excluding tert-OH is 1. The van der Waals surface area contributed by atoms with Crippen molar-refractivity contribution in [3.05, 3.63) is 33.9 Å². The topological polar surface area (TPSA) is 104 Å². The Hall–Kier alpha value is -2.15. The Bertz CT molecular complexity index is 555. The lowest BCUT2D eigenvalue weighted by molar-refractivity contribution is -0.384. The summed E-state index contributed by atoms with van der Waals surface area (Å²) >= 11 is 0. The summed E-state index contributed by atoms with van der Waals surface area (Å²) in [5.41, 5.74) is 0.808. The molecule has 1 aliphatic rings. The molecule has 0 unspecified atom stereocenters. The molecule has 7 nitrogen and oxygen atoms in total. The number of non-ortho nitro benzene ring substituents is 1. The fraction of sp³-hybridized carbons (Fsp3) is 0.500. The summed E-state index contributed by atoms with van der Waals surface area (Å²) in [5, 5.41) is 25.5. The van der Waals surface area contributed by atoms with Crippen LogP contribution in [0, 0.1) is 15.5 Å². The van der Waals surface area contributed by atoms with Crippen molar-refractivity contribution in [1.82, 2.24) is 5.32 Å². The second-order valence-electron chi connectivity index (χ2n) is 5.39. The van der Waals surface area contributed by atoms with E-state index in [1.807, 2.05) is 0 Å². The number of aliphatic hydroxyl groups is 1. The molecule has 0 aromatic heterocycles. The maximum Gasteiger partial charge on any atom is 0.270 e. The average molecular weight is 293 g/mol. The van der Waals surface area contributed by atoms with Crippen LogP contribution in [0.15, 0.2) is 18.2 Å². The number of hydrogen-bond donors (Lipinski definition) is 3. The zero-order valence-corrected chi connectivity index (χ0v) is 11.9. The van der Waals surface area contributed by atoms with E-state index in [1.165, 1.54) is 19.2 Å². The molecule has 7 heteroatoms. The Morgan fingerprint density at radius 3 is 2.71 bits per heavy atom. The van der Waals surface area contributed by atoms with Crippen molar-refractivity contribution in [2.45, 2.75) is 19.3 Å². The number of carbonyl (C=O) groups is 1. The number of rotatable bonds is 7. The minimum Gasteiger partial charge on any atom is -0.396 e. The van der Waals surface area contributed by atoms with Gasteiger partial charge in [0.15, 0.2) is 0 Å². The van der Waals surface area contributed by atoms with Crippen LogP contribution in [0.25, 0.3) is 0 Å². The highest BCUT2D eigenvalue weighted by Crippen LogP contribution is 2.48. The summed E-state index contributed by atoms with van der Waals surface area (Å²) in [7, 11) is 1.49. The fourth-order valence-electron chi connectivity index (χ4n) is 2.33. The minimum absolute atomic E-state index is 0.0937. The predicted octanol–water partition coefficient (Wildman–Crippen LogP) is 1.53. The van der Waals surface area contributed by atoms with Gasteiger partial charge in [-0.1, -0.05) is 0 Å². The monoisotopic (exact) mass is 293 g/mol. The van der Waals surface area contributed by atoms with Gasteiger partial charge in [0.1, 0.15) is 0 Å². The van der Waals surface area contributed by atoms with Crippen molar-refractivity contribution in [2.24, 2.45) is 5.41 Å². The molecule has 21 heavy (non-hydrogen) atoms. The lowest BCUT2D eigenvalue weighted by atomic mass is 10.0. The van der Waals surface area contributed by atoms with Crippen molar-refractivity contribution in [3.8, 4) is 0 Å². The Morgan fingerprint density at radius 1 is 1.48 bits per heavy atom. The molecule has 114 valence electrons. The van der Waals surface area contributed by atoms with Crippen LogP contribution in [0.5, 0.6) is 0 Å². The van der Waals surface area contributed by atoms with Crippen molar-refractivity contribution in [3.63, 3.8) is 0 Å². The molecule has 1 aromatic rings. The normalized spacial score (nSPS) is 15.3. The summed E-state index contributed by atoms with van der Waals surface area (Å²) in [5.74, 6) is -0.367. The molecule has 1 fully saturated rings. The van der Waals surface area contributed by atoms with Gasteiger partial charge in [0.2, 0.25) is 0 Å². The molecule has 0 saturated heterocycles. The summed E-state index contributed by atoms with van der Waals surface area (Å²) in [6, 6.07) is 4.20. The van der Waals surface area contributed by atoms with E-state index < -0.39 is 4.92 Å². The number of nitrogens with zero attached hydrogens (tertiary/aromatic N) is 1. The third-order valence-electron chi connectivity index (χ3n) is 3.94. The Labute approximate surface area is 122 Å². The highest BCUT2D eigenvalue weighted by molar-refractivity contribution is 6.00. The smallest absolute Gasteiger partial charge is 0.270 e. The minimum atomic E-state index is -0.523. The maximum absolute atomic E-state index is 11.9. The van der Waals surface area contributed by atoms with Gasteiger partial charge in [0.05, 0.1) is 10.5 Å². The molecule has 1 aliphatic carbocycles. The van der Waals surface area contributed by atoms with Gasteiger partial charge >= 0.3 is 0 Å². The predicted molar refractivity (Wildman–Crippen MR) is 78.3 cm³/mol. The zero-order chi connectivity index (χ0) is 15.5. The molecule has 2 rings (SSSR count). The summed E-state index contributed by atoms with van der Waals surface area (Å²) in [6.45, 7) is 0.791. The summed E-state index contributed by atoms with van der Waals surface area (Å²) < 4.78 is 0. The number of nitro benzene ring substituents is 1. The molecule has 1 aromatic carbocycles. The van der Waals surface area contributed by atoms with Crippen LogP contribution < -0.4 is 10.6 Å². The van der Waals surface area contributed by atoms with E-state index in [4.69, 9.17) is 5.11 Å². The first-order valence-electron chi connectivity index (χ1n) is 6.86. The molecule has 0 heterocycles. The zero-order valence-electron chi connectivity index (χ0n) is 11.9. The van der Waals surface area contributed by atoms with Crippen LogP contribution in [-0.4, -0.2) is 36.1 Å². The van der Waals surface area contributed by atoms with E-state index in [1.54, 1.807) is 6.07 Å². The van der Waals surface area contributed by atoms with Crippen LogP contribution in [0.4, 0.5) is 11.4 Å². The van der Waals surface area contributed by atoms with E-state index in [2.05, 4.69) is 10.6 Å². The average Bonchev–Trinajstić information content (AvgIpc) is 3.24. The molecule has 3 N–H and O–H groups in total. The molecule has 0 atom stereocenters. The third-order valence-corrected chi connectivity index (χ3v) is 3.94. The van der Waals surface area contributed by atoms with E-state index >= 15 is 0 Å². The Balaban J connectivity index is 2.18. The molecule has 0 aliphatic heterocycles. The lowest BCUT2D eigenvalue weighted by Gasteiger charge is -2.17. The van der Waals surface area contributed by atoms with E-state index in [9.17, 15) is 14.9 Å². The molecule has 0 radical (unpaired) electrons. The van der Waals surface area contributed by atoms with Gasteiger partial charge < -0.3 is 15.7 Å². The first-order valence-corrected chi connectivity index (χ1v) is 6.86. The SMILES string of the molecule is CNC(=O)c1cc([N+](=O)[O-])ccc1NCC1(CCO)CC1. The van der Waals surface area contributed by atoms with Crippen LogP contribution in [-0.2, 0) is 0 Å². The highest BCUT2D eigenvalue weighted by atomic mass is 16.6. The van der Waals surface area contributed by atoms with Gasteiger partial charge in [-0.05, 0) is 30.7 Å². The van der Waals surface area contributed by atoms with Crippen LogP contribution in [0.3, 0.4) is 0 Å². The lowest BCUT2D eigenvalue weighted by Crippen LogP contribution is -2.22. The standard InChI is InChI=1S/C14H19N3O4/c1-15-13(19)11-8-10(17(20)21)2-3-12(11)16-9-14(4-5-14)6-7-18/h2-3,8,16,18H,4-7,9H2,1H3,(H,15,19). The highest BCUT2D eigenvalue weighted by Gasteiger charge is 2.41. The maximum atomic E-state index is 11.9. The molecule has 1 saturated carbocycles. The molecular formula is C14H19N3O4. The van der Waals surface area contributed by atoms with Crippen LogP contribution in [0.2, 0.25) is 0 Å². The fourth-order valence-corrected chi connectivity index (χ4v) is 2.33. The molecule has 0 bridgehead atoms. The third kappa shape index (κ3) is 3.49. The number of anilines is 1. The number of amides is 1. The van der Waals surface area contributed by atoms with E-state index in [0.29, 0.717) is 12.2 Å². The second kappa shape index (κ2) is 6.09. The van der Waals surface area contributed by atoms with Crippen LogP contribution in [0.1, 0.15) is 29.6 Å². The van der Waals surface area contributed by atoms with Gasteiger partial charge in [-0.25, -0.2) is 0 Å². The quantitative estimate of drug-likeness (QED) is 0.522. The van der Waals surface area contributed by atoms with Gasteiger partial charge in [-0.3, -0.25) is 14.9 Å². The van der Waals surface area contributed by atoms with Gasteiger partial charge in [-0.2, -0.15) is 0 Å². The largest absolute Gasteiger partial charge is 0.396 e. The molecular weight excluding hydrogens is 274 g/mol. The number of hydrogen-bond acceptors (Lipinski definition) is 5.